The Morgan fingerprint density at radius 1 is 0.429 bits per heavy atom. The lowest BCUT2D eigenvalue weighted by molar-refractivity contribution is 0.279. The molecule has 2 heterocycles. The van der Waals surface area contributed by atoms with E-state index in [1.54, 1.807) is 0 Å². The van der Waals surface area contributed by atoms with Crippen LogP contribution in [0.15, 0.2) is 170 Å². The van der Waals surface area contributed by atoms with E-state index in [0.717, 1.165) is 51.1 Å². The zero-order valence-electron chi connectivity index (χ0n) is 26.7. The normalized spacial score (nSPS) is 14.7. The van der Waals surface area contributed by atoms with Gasteiger partial charge in [0.1, 0.15) is 11.9 Å². The third-order valence-corrected chi connectivity index (χ3v) is 9.21. The SMILES string of the molecule is C1=CC(c2nc(-c3ccccc3)nc(-c3ccccc3)n2)=C2c3ccc(-c4cc(-c5ccccc5)cc(-c5ccccc5)c4)cc3OC2C1. The van der Waals surface area contributed by atoms with Gasteiger partial charge in [0, 0.05) is 34.3 Å². The molecular formula is C45H31N3O. The number of allylic oxidation sites excluding steroid dienone is 2. The second-order valence-electron chi connectivity index (χ2n) is 12.4. The Kier molecular flexibility index (Phi) is 7.25. The average molecular weight is 630 g/mol. The first kappa shape index (κ1) is 28.8. The van der Waals surface area contributed by atoms with Gasteiger partial charge >= 0.3 is 0 Å². The average Bonchev–Trinajstić information content (AvgIpc) is 3.57. The molecule has 0 saturated heterocycles. The number of fused-ring (bicyclic) bond motifs is 3. The van der Waals surface area contributed by atoms with Crippen LogP contribution in [0.4, 0.5) is 0 Å². The molecule has 1 aromatic heterocycles. The summed E-state index contributed by atoms with van der Waals surface area (Å²) in [5.41, 5.74) is 12.1. The molecule has 0 spiro atoms. The van der Waals surface area contributed by atoms with Gasteiger partial charge in [-0.05, 0) is 57.6 Å². The van der Waals surface area contributed by atoms with E-state index in [0.29, 0.717) is 17.5 Å². The Bertz CT molecular complexity index is 2250. The molecule has 0 radical (unpaired) electrons. The Hall–Kier alpha value is -6.39. The molecular weight excluding hydrogens is 599 g/mol. The molecule has 4 heteroatoms. The van der Waals surface area contributed by atoms with E-state index in [2.05, 4.69) is 109 Å². The Morgan fingerprint density at radius 2 is 0.898 bits per heavy atom. The molecule has 7 aromatic rings. The van der Waals surface area contributed by atoms with Crippen LogP contribution in [0.1, 0.15) is 17.8 Å². The van der Waals surface area contributed by atoms with Gasteiger partial charge in [0.15, 0.2) is 17.5 Å². The van der Waals surface area contributed by atoms with Crippen LogP contribution in [0.25, 0.3) is 67.3 Å². The number of nitrogens with zero attached hydrogens (tertiary/aromatic N) is 3. The molecule has 1 aliphatic heterocycles. The maximum absolute atomic E-state index is 6.70. The van der Waals surface area contributed by atoms with Gasteiger partial charge in [-0.3, -0.25) is 0 Å². The summed E-state index contributed by atoms with van der Waals surface area (Å²) in [4.78, 5) is 15.0. The Morgan fingerprint density at radius 3 is 1.43 bits per heavy atom. The van der Waals surface area contributed by atoms with E-state index in [1.807, 2.05) is 60.7 Å². The molecule has 0 bridgehead atoms. The predicted octanol–water partition coefficient (Wildman–Crippen LogP) is 10.8. The Balaban J connectivity index is 1.17. The van der Waals surface area contributed by atoms with Crippen LogP contribution in [0.5, 0.6) is 5.75 Å². The monoisotopic (exact) mass is 629 g/mol. The van der Waals surface area contributed by atoms with Gasteiger partial charge < -0.3 is 4.74 Å². The van der Waals surface area contributed by atoms with Crippen LogP contribution in [-0.2, 0) is 0 Å². The first-order chi connectivity index (χ1) is 24.3. The lowest BCUT2D eigenvalue weighted by Gasteiger charge is -2.18. The maximum Gasteiger partial charge on any atom is 0.164 e. The van der Waals surface area contributed by atoms with Crippen molar-refractivity contribution in [1.29, 1.82) is 0 Å². The van der Waals surface area contributed by atoms with Crippen molar-refractivity contribution in [2.45, 2.75) is 12.5 Å². The Labute approximate surface area is 285 Å². The molecule has 232 valence electrons. The molecule has 0 fully saturated rings. The van der Waals surface area contributed by atoms with Crippen LogP contribution in [0.2, 0.25) is 0 Å². The van der Waals surface area contributed by atoms with Crippen molar-refractivity contribution >= 4 is 11.1 Å². The summed E-state index contributed by atoms with van der Waals surface area (Å²) >= 11 is 0. The molecule has 6 aromatic carbocycles. The molecule has 0 amide bonds. The minimum atomic E-state index is -0.113. The first-order valence-corrected chi connectivity index (χ1v) is 16.6. The third kappa shape index (κ3) is 5.53. The zero-order valence-corrected chi connectivity index (χ0v) is 26.7. The fourth-order valence-electron chi connectivity index (χ4n) is 6.80. The van der Waals surface area contributed by atoms with Gasteiger partial charge in [-0.15, -0.1) is 0 Å². The van der Waals surface area contributed by atoms with Crippen molar-refractivity contribution in [2.24, 2.45) is 0 Å². The van der Waals surface area contributed by atoms with Gasteiger partial charge in [0.2, 0.25) is 0 Å². The molecule has 1 unspecified atom stereocenters. The van der Waals surface area contributed by atoms with Gasteiger partial charge in [0.05, 0.1) is 0 Å². The second-order valence-corrected chi connectivity index (χ2v) is 12.4. The van der Waals surface area contributed by atoms with Crippen molar-refractivity contribution in [3.8, 4) is 61.9 Å². The van der Waals surface area contributed by atoms with Crippen molar-refractivity contribution in [3.05, 3.63) is 181 Å². The fourth-order valence-corrected chi connectivity index (χ4v) is 6.80. The quantitative estimate of drug-likeness (QED) is 0.184. The number of hydrogen-bond acceptors (Lipinski definition) is 4. The largest absolute Gasteiger partial charge is 0.485 e. The van der Waals surface area contributed by atoms with Crippen molar-refractivity contribution in [2.75, 3.05) is 0 Å². The maximum atomic E-state index is 6.70. The van der Waals surface area contributed by atoms with Crippen LogP contribution in [0, 0.1) is 0 Å². The highest BCUT2D eigenvalue weighted by molar-refractivity contribution is 6.00. The molecule has 2 aliphatic rings. The van der Waals surface area contributed by atoms with E-state index < -0.39 is 0 Å². The topological polar surface area (TPSA) is 47.9 Å². The third-order valence-electron chi connectivity index (χ3n) is 9.21. The summed E-state index contributed by atoms with van der Waals surface area (Å²) in [6, 6.07) is 54.8. The minimum absolute atomic E-state index is 0.113. The smallest absolute Gasteiger partial charge is 0.164 e. The summed E-state index contributed by atoms with van der Waals surface area (Å²) in [7, 11) is 0. The van der Waals surface area contributed by atoms with Crippen LogP contribution < -0.4 is 4.74 Å². The van der Waals surface area contributed by atoms with Gasteiger partial charge in [-0.25, -0.2) is 15.0 Å². The zero-order chi connectivity index (χ0) is 32.6. The molecule has 49 heavy (non-hydrogen) atoms. The number of hydrogen-bond donors (Lipinski definition) is 0. The lowest BCUT2D eigenvalue weighted by Crippen LogP contribution is -2.15. The molecule has 0 saturated carbocycles. The van der Waals surface area contributed by atoms with E-state index in [-0.39, 0.29) is 6.10 Å². The second kappa shape index (κ2) is 12.3. The summed E-state index contributed by atoms with van der Waals surface area (Å²) < 4.78 is 6.70. The summed E-state index contributed by atoms with van der Waals surface area (Å²) in [5, 5.41) is 0. The number of aromatic nitrogens is 3. The summed E-state index contributed by atoms with van der Waals surface area (Å²) in [6.07, 6.45) is 4.98. The van der Waals surface area contributed by atoms with Crippen molar-refractivity contribution < 1.29 is 4.74 Å². The lowest BCUT2D eigenvalue weighted by atomic mass is 9.89. The molecule has 9 rings (SSSR count). The first-order valence-electron chi connectivity index (χ1n) is 16.6. The fraction of sp³-hybridized carbons (Fsp3) is 0.0444. The molecule has 1 aliphatic carbocycles. The van der Waals surface area contributed by atoms with Crippen LogP contribution in [-0.4, -0.2) is 21.1 Å². The highest BCUT2D eigenvalue weighted by Crippen LogP contribution is 2.47. The highest BCUT2D eigenvalue weighted by Gasteiger charge is 2.34. The van der Waals surface area contributed by atoms with Gasteiger partial charge in [-0.2, -0.15) is 0 Å². The van der Waals surface area contributed by atoms with Crippen molar-refractivity contribution in [3.63, 3.8) is 0 Å². The van der Waals surface area contributed by atoms with Gasteiger partial charge in [-0.1, -0.05) is 146 Å². The van der Waals surface area contributed by atoms with E-state index >= 15 is 0 Å². The highest BCUT2D eigenvalue weighted by atomic mass is 16.5. The standard InChI is InChI=1S/C45H31N3O/c1-5-14-30(15-6-1)35-26-36(31-16-7-2-8-17-31)28-37(27-35)34-24-25-38-41(29-34)49-40-23-13-22-39(42(38)40)45-47-43(32-18-9-3-10-19-32)46-44(48-45)33-20-11-4-12-21-33/h1-22,24-29,40H,23H2. The van der Waals surface area contributed by atoms with E-state index in [9.17, 15) is 0 Å². The summed E-state index contributed by atoms with van der Waals surface area (Å²) in [6.45, 7) is 0. The van der Waals surface area contributed by atoms with Crippen LogP contribution in [0.3, 0.4) is 0 Å². The van der Waals surface area contributed by atoms with E-state index in [1.165, 1.54) is 22.3 Å². The van der Waals surface area contributed by atoms with Crippen molar-refractivity contribution in [1.82, 2.24) is 15.0 Å². The number of rotatable bonds is 6. The van der Waals surface area contributed by atoms with Crippen LogP contribution >= 0.6 is 0 Å². The van der Waals surface area contributed by atoms with Gasteiger partial charge in [0.25, 0.3) is 0 Å². The van der Waals surface area contributed by atoms with E-state index in [4.69, 9.17) is 19.7 Å². The molecule has 4 nitrogen and oxygen atoms in total. The number of ether oxygens (including phenoxy) is 1. The minimum Gasteiger partial charge on any atom is -0.485 e. The summed E-state index contributed by atoms with van der Waals surface area (Å²) in [5.74, 6) is 2.82. The number of benzene rings is 6. The predicted molar refractivity (Wildman–Crippen MR) is 198 cm³/mol. The molecule has 0 N–H and O–H groups in total. The molecule has 1 atom stereocenters.